The lowest BCUT2D eigenvalue weighted by molar-refractivity contribution is -0.143. The first kappa shape index (κ1) is 26.7. The summed E-state index contributed by atoms with van der Waals surface area (Å²) in [6.07, 6.45) is 0.246. The van der Waals surface area contributed by atoms with Gasteiger partial charge >= 0.3 is 11.9 Å². The van der Waals surface area contributed by atoms with Crippen molar-refractivity contribution >= 4 is 11.9 Å². The van der Waals surface area contributed by atoms with E-state index in [1.165, 1.54) is 14.0 Å². The molecule has 0 N–H and O–H groups in total. The number of ether oxygens (including phenoxy) is 8. The van der Waals surface area contributed by atoms with Gasteiger partial charge in [-0.05, 0) is 0 Å². The highest BCUT2D eigenvalue weighted by Crippen LogP contribution is 1.88. The van der Waals surface area contributed by atoms with E-state index in [0.717, 1.165) is 0 Å². The Hall–Kier alpha value is -1.30. The molecule has 166 valence electrons. The lowest BCUT2D eigenvalue weighted by atomic mass is 10.5. The van der Waals surface area contributed by atoms with Gasteiger partial charge in [0.05, 0.1) is 92.8 Å². The highest BCUT2D eigenvalue weighted by molar-refractivity contribution is 5.69. The molecule has 0 rings (SSSR count). The molecule has 10 heteroatoms. The van der Waals surface area contributed by atoms with Crippen LogP contribution in [0.3, 0.4) is 0 Å². The molecule has 0 radical (unpaired) electrons. The molecular formula is C18H34O10. The molecule has 0 atom stereocenters. The minimum Gasteiger partial charge on any atom is -0.469 e. The molecule has 28 heavy (non-hydrogen) atoms. The van der Waals surface area contributed by atoms with Gasteiger partial charge in [0.1, 0.15) is 6.61 Å². The molecule has 0 amide bonds. The summed E-state index contributed by atoms with van der Waals surface area (Å²) in [7, 11) is 1.35. The van der Waals surface area contributed by atoms with E-state index >= 15 is 0 Å². The zero-order chi connectivity index (χ0) is 20.7. The molecule has 0 aliphatic heterocycles. The van der Waals surface area contributed by atoms with E-state index in [-0.39, 0.29) is 25.0 Å². The van der Waals surface area contributed by atoms with E-state index in [9.17, 15) is 9.59 Å². The van der Waals surface area contributed by atoms with E-state index in [1.54, 1.807) is 0 Å². The molecule has 0 heterocycles. The Labute approximate surface area is 166 Å². The van der Waals surface area contributed by atoms with E-state index in [1.807, 2.05) is 0 Å². The van der Waals surface area contributed by atoms with Gasteiger partial charge < -0.3 is 37.9 Å². The second-order valence-electron chi connectivity index (χ2n) is 5.34. The van der Waals surface area contributed by atoms with E-state index in [4.69, 9.17) is 33.2 Å². The van der Waals surface area contributed by atoms with Crippen molar-refractivity contribution < 1.29 is 47.5 Å². The third-order valence-corrected chi connectivity index (χ3v) is 3.07. The molecule has 0 fully saturated rings. The quantitative estimate of drug-likeness (QED) is 0.192. The molecule has 0 unspecified atom stereocenters. The zero-order valence-corrected chi connectivity index (χ0v) is 17.0. The van der Waals surface area contributed by atoms with Crippen molar-refractivity contribution in [2.45, 2.75) is 13.3 Å². The summed E-state index contributed by atoms with van der Waals surface area (Å²) in [5.41, 5.74) is 0. The van der Waals surface area contributed by atoms with Crippen LogP contribution in [-0.4, -0.2) is 105 Å². The van der Waals surface area contributed by atoms with Crippen LogP contribution in [0.25, 0.3) is 0 Å². The molecule has 0 aromatic carbocycles. The maximum atomic E-state index is 10.8. The Morgan fingerprint density at radius 2 is 0.857 bits per heavy atom. The van der Waals surface area contributed by atoms with Gasteiger partial charge in [-0.1, -0.05) is 0 Å². The standard InChI is InChI=1S/C18H34O10/c1-17(19)28-16-15-27-14-13-26-12-11-25-10-9-24-8-7-23-6-5-22-4-3-18(20)21-2/h3-16H2,1-2H3. The van der Waals surface area contributed by atoms with Gasteiger partial charge in [-0.2, -0.15) is 0 Å². The van der Waals surface area contributed by atoms with Gasteiger partial charge in [-0.15, -0.1) is 0 Å². The van der Waals surface area contributed by atoms with Crippen LogP contribution in [0.4, 0.5) is 0 Å². The largest absolute Gasteiger partial charge is 0.469 e. The molecule has 0 spiro atoms. The van der Waals surface area contributed by atoms with Crippen LogP contribution >= 0.6 is 0 Å². The van der Waals surface area contributed by atoms with Crippen molar-refractivity contribution in [3.05, 3.63) is 0 Å². The fourth-order valence-electron chi connectivity index (χ4n) is 1.70. The van der Waals surface area contributed by atoms with Gasteiger partial charge in [0.15, 0.2) is 0 Å². The maximum absolute atomic E-state index is 10.8. The van der Waals surface area contributed by atoms with Crippen LogP contribution in [0.1, 0.15) is 13.3 Å². The predicted molar refractivity (Wildman–Crippen MR) is 98.2 cm³/mol. The minimum atomic E-state index is -0.313. The molecule has 10 nitrogen and oxygen atoms in total. The molecule has 0 aromatic heterocycles. The molecule has 0 saturated carbocycles. The molecule has 0 aromatic rings. The first-order valence-corrected chi connectivity index (χ1v) is 9.33. The van der Waals surface area contributed by atoms with Crippen LogP contribution in [0.15, 0.2) is 0 Å². The fourth-order valence-corrected chi connectivity index (χ4v) is 1.70. The van der Waals surface area contributed by atoms with Gasteiger partial charge in [0, 0.05) is 6.92 Å². The average Bonchev–Trinajstić information content (AvgIpc) is 2.68. The van der Waals surface area contributed by atoms with Crippen molar-refractivity contribution in [2.24, 2.45) is 0 Å². The number of rotatable bonds is 21. The second-order valence-corrected chi connectivity index (χ2v) is 5.34. The SMILES string of the molecule is COC(=O)CCOCCOCCOCCOCCOCCOCCOC(C)=O. The third kappa shape index (κ3) is 22.7. The Morgan fingerprint density at radius 3 is 1.18 bits per heavy atom. The molecule has 0 aliphatic rings. The summed E-state index contributed by atoms with van der Waals surface area (Å²) in [5.74, 6) is -0.600. The Morgan fingerprint density at radius 1 is 0.536 bits per heavy atom. The number of hydrogen-bond acceptors (Lipinski definition) is 10. The summed E-state index contributed by atoms with van der Waals surface area (Å²) < 4.78 is 41.0. The molecule has 0 aliphatic carbocycles. The maximum Gasteiger partial charge on any atom is 0.307 e. The Bertz CT molecular complexity index is 364. The van der Waals surface area contributed by atoms with Crippen LogP contribution in [0, 0.1) is 0 Å². The predicted octanol–water partition coefficient (Wildman–Crippen LogP) is 0.212. The van der Waals surface area contributed by atoms with Crippen LogP contribution < -0.4 is 0 Å². The molecule has 0 saturated heterocycles. The minimum absolute atomic E-state index is 0.246. The van der Waals surface area contributed by atoms with Crippen molar-refractivity contribution in [2.75, 3.05) is 93.0 Å². The monoisotopic (exact) mass is 410 g/mol. The van der Waals surface area contributed by atoms with Gasteiger partial charge in [-0.25, -0.2) is 0 Å². The van der Waals surface area contributed by atoms with Gasteiger partial charge in [0.2, 0.25) is 0 Å². The fraction of sp³-hybridized carbons (Fsp3) is 0.889. The second kappa shape index (κ2) is 22.0. The first-order valence-electron chi connectivity index (χ1n) is 9.33. The normalized spacial score (nSPS) is 10.8. The van der Waals surface area contributed by atoms with E-state index in [0.29, 0.717) is 79.3 Å². The van der Waals surface area contributed by atoms with Crippen molar-refractivity contribution in [1.29, 1.82) is 0 Å². The average molecular weight is 410 g/mol. The number of hydrogen-bond donors (Lipinski definition) is 0. The number of esters is 2. The van der Waals surface area contributed by atoms with E-state index < -0.39 is 0 Å². The lowest BCUT2D eigenvalue weighted by Crippen LogP contribution is -2.15. The topological polar surface area (TPSA) is 108 Å². The Kier molecular flexibility index (Phi) is 21.0. The van der Waals surface area contributed by atoms with Gasteiger partial charge in [0.25, 0.3) is 0 Å². The van der Waals surface area contributed by atoms with Crippen molar-refractivity contribution in [3.63, 3.8) is 0 Å². The van der Waals surface area contributed by atoms with Crippen LogP contribution in [0.5, 0.6) is 0 Å². The summed E-state index contributed by atoms with van der Waals surface area (Å²) in [4.78, 5) is 21.3. The summed E-state index contributed by atoms with van der Waals surface area (Å²) in [6.45, 7) is 6.98. The number of carbonyl (C=O) groups excluding carboxylic acids is 2. The van der Waals surface area contributed by atoms with Crippen molar-refractivity contribution in [3.8, 4) is 0 Å². The highest BCUT2D eigenvalue weighted by Gasteiger charge is 1.99. The summed E-state index contributed by atoms with van der Waals surface area (Å²) >= 11 is 0. The van der Waals surface area contributed by atoms with Gasteiger partial charge in [-0.3, -0.25) is 9.59 Å². The number of methoxy groups -OCH3 is 1. The van der Waals surface area contributed by atoms with E-state index in [2.05, 4.69) is 4.74 Å². The van der Waals surface area contributed by atoms with Crippen LogP contribution in [-0.2, 0) is 47.5 Å². The number of carbonyl (C=O) groups is 2. The smallest absolute Gasteiger partial charge is 0.307 e. The Balaban J connectivity index is 3.03. The summed E-state index contributed by atoms with van der Waals surface area (Å²) in [5, 5.41) is 0. The summed E-state index contributed by atoms with van der Waals surface area (Å²) in [6, 6.07) is 0. The molecular weight excluding hydrogens is 376 g/mol. The zero-order valence-electron chi connectivity index (χ0n) is 17.0. The van der Waals surface area contributed by atoms with Crippen LogP contribution in [0.2, 0.25) is 0 Å². The highest BCUT2D eigenvalue weighted by atomic mass is 16.6. The molecule has 0 bridgehead atoms. The lowest BCUT2D eigenvalue weighted by Gasteiger charge is -2.08. The third-order valence-electron chi connectivity index (χ3n) is 3.07. The van der Waals surface area contributed by atoms with Crippen molar-refractivity contribution in [1.82, 2.24) is 0 Å². The first-order chi connectivity index (χ1) is 13.7.